The second-order valence-corrected chi connectivity index (χ2v) is 4.95. The number of hydrogen-bond acceptors (Lipinski definition) is 1. The first-order valence-electron chi connectivity index (χ1n) is 6.56. The fraction of sp³-hybridized carbons (Fsp3) is 0.294. The van der Waals surface area contributed by atoms with Gasteiger partial charge in [-0.15, -0.1) is 0 Å². The lowest BCUT2D eigenvalue weighted by Crippen LogP contribution is -2.02. The van der Waals surface area contributed by atoms with Crippen LogP contribution in [-0.4, -0.2) is 7.05 Å². The summed E-state index contributed by atoms with van der Waals surface area (Å²) in [5.74, 6) is 0.545. The van der Waals surface area contributed by atoms with E-state index in [-0.39, 0.29) is 0 Å². The molecule has 0 saturated heterocycles. The third-order valence-electron chi connectivity index (χ3n) is 3.29. The predicted molar refractivity (Wildman–Crippen MR) is 79.3 cm³/mol. The summed E-state index contributed by atoms with van der Waals surface area (Å²) in [6, 6.07) is 17.2. The molecule has 94 valence electrons. The van der Waals surface area contributed by atoms with Gasteiger partial charge in [0.1, 0.15) is 0 Å². The molecule has 0 amide bonds. The number of benzene rings is 2. The minimum atomic E-state index is 0.545. The molecule has 0 radical (unpaired) electrons. The van der Waals surface area contributed by atoms with Gasteiger partial charge in [-0.25, -0.2) is 0 Å². The Morgan fingerprint density at radius 2 is 1.67 bits per heavy atom. The molecule has 1 heteroatoms. The van der Waals surface area contributed by atoms with Crippen LogP contribution < -0.4 is 5.32 Å². The lowest BCUT2D eigenvalue weighted by Gasteiger charge is -2.17. The average Bonchev–Trinajstić information content (AvgIpc) is 2.39. The summed E-state index contributed by atoms with van der Waals surface area (Å²) >= 11 is 0. The van der Waals surface area contributed by atoms with E-state index in [2.05, 4.69) is 67.7 Å². The van der Waals surface area contributed by atoms with E-state index >= 15 is 0 Å². The maximum Gasteiger partial charge on any atom is 0.0408 e. The molecule has 1 nitrogen and oxygen atoms in total. The summed E-state index contributed by atoms with van der Waals surface area (Å²) < 4.78 is 0. The Morgan fingerprint density at radius 3 is 2.28 bits per heavy atom. The van der Waals surface area contributed by atoms with Crippen molar-refractivity contribution in [3.05, 3.63) is 65.2 Å². The van der Waals surface area contributed by atoms with Crippen LogP contribution in [0.15, 0.2) is 48.5 Å². The number of nitrogens with one attached hydrogen (secondary N) is 1. The van der Waals surface area contributed by atoms with Gasteiger partial charge in [0, 0.05) is 12.7 Å². The molecule has 2 aromatic carbocycles. The van der Waals surface area contributed by atoms with Crippen molar-refractivity contribution in [2.45, 2.75) is 26.2 Å². The fourth-order valence-electron chi connectivity index (χ4n) is 2.37. The monoisotopic (exact) mass is 239 g/mol. The zero-order valence-corrected chi connectivity index (χ0v) is 11.4. The molecule has 0 bridgehead atoms. The van der Waals surface area contributed by atoms with Crippen molar-refractivity contribution in [1.29, 1.82) is 0 Å². The van der Waals surface area contributed by atoms with Crippen molar-refractivity contribution >= 4 is 5.69 Å². The summed E-state index contributed by atoms with van der Waals surface area (Å²) in [4.78, 5) is 0. The summed E-state index contributed by atoms with van der Waals surface area (Å²) in [5, 5.41) is 3.37. The molecule has 1 N–H and O–H groups in total. The molecule has 18 heavy (non-hydrogen) atoms. The number of para-hydroxylation sites is 1. The Balaban J connectivity index is 2.36. The minimum absolute atomic E-state index is 0.545. The first kappa shape index (κ1) is 12.7. The van der Waals surface area contributed by atoms with Crippen molar-refractivity contribution in [3.8, 4) is 0 Å². The van der Waals surface area contributed by atoms with Gasteiger partial charge in [0.15, 0.2) is 0 Å². The minimum Gasteiger partial charge on any atom is -0.388 e. The molecule has 0 aliphatic heterocycles. The number of rotatable bonds is 4. The first-order chi connectivity index (χ1) is 8.72. The molecule has 0 aliphatic carbocycles. The predicted octanol–water partition coefficient (Wildman–Crippen LogP) is 4.44. The molecule has 0 heterocycles. The van der Waals surface area contributed by atoms with Crippen LogP contribution in [-0.2, 0) is 6.42 Å². The van der Waals surface area contributed by atoms with Crippen LogP contribution in [0.25, 0.3) is 0 Å². The smallest absolute Gasteiger partial charge is 0.0408 e. The van der Waals surface area contributed by atoms with E-state index < -0.39 is 0 Å². The largest absolute Gasteiger partial charge is 0.388 e. The first-order valence-corrected chi connectivity index (χ1v) is 6.56. The SMILES string of the molecule is CNc1c(Cc2ccccc2)cccc1C(C)C. The Morgan fingerprint density at radius 1 is 0.944 bits per heavy atom. The Kier molecular flexibility index (Phi) is 4.03. The van der Waals surface area contributed by atoms with Crippen LogP contribution in [0.3, 0.4) is 0 Å². The highest BCUT2D eigenvalue weighted by atomic mass is 14.8. The average molecular weight is 239 g/mol. The second kappa shape index (κ2) is 5.72. The summed E-state index contributed by atoms with van der Waals surface area (Å²) in [7, 11) is 2.01. The van der Waals surface area contributed by atoms with Gasteiger partial charge in [-0.2, -0.15) is 0 Å². The van der Waals surface area contributed by atoms with Crippen LogP contribution in [0.5, 0.6) is 0 Å². The van der Waals surface area contributed by atoms with Gasteiger partial charge in [0.25, 0.3) is 0 Å². The quantitative estimate of drug-likeness (QED) is 0.831. The van der Waals surface area contributed by atoms with Crippen LogP contribution in [0.4, 0.5) is 5.69 Å². The van der Waals surface area contributed by atoms with Crippen LogP contribution in [0.2, 0.25) is 0 Å². The third-order valence-corrected chi connectivity index (χ3v) is 3.29. The zero-order chi connectivity index (χ0) is 13.0. The van der Waals surface area contributed by atoms with E-state index in [0.29, 0.717) is 5.92 Å². The van der Waals surface area contributed by atoms with E-state index in [9.17, 15) is 0 Å². The van der Waals surface area contributed by atoms with Crippen molar-refractivity contribution in [2.75, 3.05) is 12.4 Å². The molecule has 2 rings (SSSR count). The van der Waals surface area contributed by atoms with E-state index in [0.717, 1.165) is 6.42 Å². The highest BCUT2D eigenvalue weighted by molar-refractivity contribution is 5.59. The highest BCUT2D eigenvalue weighted by Gasteiger charge is 2.09. The van der Waals surface area contributed by atoms with E-state index in [4.69, 9.17) is 0 Å². The lowest BCUT2D eigenvalue weighted by atomic mass is 9.94. The molecule has 0 saturated carbocycles. The third kappa shape index (κ3) is 2.73. The van der Waals surface area contributed by atoms with Crippen molar-refractivity contribution < 1.29 is 0 Å². The molecule has 0 aliphatic rings. The highest BCUT2D eigenvalue weighted by Crippen LogP contribution is 2.28. The van der Waals surface area contributed by atoms with E-state index in [1.54, 1.807) is 0 Å². The Labute approximate surface area is 110 Å². The molecule has 0 unspecified atom stereocenters. The summed E-state index contributed by atoms with van der Waals surface area (Å²) in [5.41, 5.74) is 5.41. The van der Waals surface area contributed by atoms with Gasteiger partial charge in [-0.3, -0.25) is 0 Å². The fourth-order valence-corrected chi connectivity index (χ4v) is 2.37. The molecule has 2 aromatic rings. The van der Waals surface area contributed by atoms with Gasteiger partial charge in [-0.1, -0.05) is 62.4 Å². The van der Waals surface area contributed by atoms with Gasteiger partial charge < -0.3 is 5.32 Å². The summed E-state index contributed by atoms with van der Waals surface area (Å²) in [6.45, 7) is 4.48. The van der Waals surface area contributed by atoms with Crippen LogP contribution >= 0.6 is 0 Å². The van der Waals surface area contributed by atoms with Gasteiger partial charge >= 0.3 is 0 Å². The Hall–Kier alpha value is -1.76. The van der Waals surface area contributed by atoms with Crippen molar-refractivity contribution in [1.82, 2.24) is 0 Å². The molecule has 0 spiro atoms. The van der Waals surface area contributed by atoms with Crippen molar-refractivity contribution in [2.24, 2.45) is 0 Å². The maximum absolute atomic E-state index is 3.37. The number of anilines is 1. The lowest BCUT2D eigenvalue weighted by molar-refractivity contribution is 0.865. The van der Waals surface area contributed by atoms with Crippen molar-refractivity contribution in [3.63, 3.8) is 0 Å². The number of hydrogen-bond donors (Lipinski definition) is 1. The second-order valence-electron chi connectivity index (χ2n) is 4.95. The molecular weight excluding hydrogens is 218 g/mol. The standard InChI is InChI=1S/C17H21N/c1-13(2)16-11-7-10-15(17(16)18-3)12-14-8-5-4-6-9-14/h4-11,13,18H,12H2,1-3H3. The van der Waals surface area contributed by atoms with Crippen LogP contribution in [0, 0.1) is 0 Å². The Bertz CT molecular complexity index is 500. The van der Waals surface area contributed by atoms with E-state index in [1.807, 2.05) is 7.05 Å². The molecule has 0 aromatic heterocycles. The van der Waals surface area contributed by atoms with Gasteiger partial charge in [0.2, 0.25) is 0 Å². The normalized spacial score (nSPS) is 10.7. The topological polar surface area (TPSA) is 12.0 Å². The zero-order valence-electron chi connectivity index (χ0n) is 11.4. The van der Waals surface area contributed by atoms with Crippen LogP contribution in [0.1, 0.15) is 36.5 Å². The maximum atomic E-state index is 3.37. The van der Waals surface area contributed by atoms with Gasteiger partial charge in [0.05, 0.1) is 0 Å². The molecular formula is C17H21N. The molecule has 0 atom stereocenters. The molecule has 0 fully saturated rings. The summed E-state index contributed by atoms with van der Waals surface area (Å²) in [6.07, 6.45) is 0.984. The van der Waals surface area contributed by atoms with Gasteiger partial charge in [-0.05, 0) is 29.0 Å². The van der Waals surface area contributed by atoms with E-state index in [1.165, 1.54) is 22.4 Å².